The average Bonchev–Trinajstić information content (AvgIpc) is 2.60. The molecule has 7 heteroatoms. The SMILES string of the molecule is CC(C)c1ncncc1C(=O)NC(C)c1ccc(OCC(=O)O)cc1. The number of hydrogen-bond donors (Lipinski definition) is 2. The van der Waals surface area contributed by atoms with Gasteiger partial charge in [-0.15, -0.1) is 0 Å². The predicted molar refractivity (Wildman–Crippen MR) is 91.6 cm³/mol. The first-order valence-electron chi connectivity index (χ1n) is 7.93. The fourth-order valence-electron chi connectivity index (χ4n) is 2.33. The topological polar surface area (TPSA) is 101 Å². The van der Waals surface area contributed by atoms with E-state index in [4.69, 9.17) is 9.84 Å². The van der Waals surface area contributed by atoms with Crippen molar-refractivity contribution in [2.24, 2.45) is 0 Å². The molecule has 2 rings (SSSR count). The maximum absolute atomic E-state index is 12.5. The summed E-state index contributed by atoms with van der Waals surface area (Å²) in [4.78, 5) is 31.1. The molecule has 1 aromatic carbocycles. The van der Waals surface area contributed by atoms with Crippen molar-refractivity contribution in [2.45, 2.75) is 32.7 Å². The van der Waals surface area contributed by atoms with E-state index in [1.165, 1.54) is 12.5 Å². The van der Waals surface area contributed by atoms with E-state index in [1.54, 1.807) is 24.3 Å². The van der Waals surface area contributed by atoms with Crippen LogP contribution in [0.1, 0.15) is 54.3 Å². The van der Waals surface area contributed by atoms with Crippen LogP contribution < -0.4 is 10.1 Å². The summed E-state index contributed by atoms with van der Waals surface area (Å²) in [6.45, 7) is 5.41. The molecule has 0 radical (unpaired) electrons. The maximum atomic E-state index is 12.5. The second kappa shape index (κ2) is 8.23. The molecule has 0 saturated carbocycles. The van der Waals surface area contributed by atoms with Crippen molar-refractivity contribution in [1.82, 2.24) is 15.3 Å². The first-order chi connectivity index (χ1) is 11.9. The summed E-state index contributed by atoms with van der Waals surface area (Å²) in [5.74, 6) is -0.688. The van der Waals surface area contributed by atoms with E-state index in [2.05, 4.69) is 15.3 Å². The van der Waals surface area contributed by atoms with Gasteiger partial charge in [-0.2, -0.15) is 0 Å². The molecule has 7 nitrogen and oxygen atoms in total. The molecule has 2 N–H and O–H groups in total. The Bertz CT molecular complexity index is 744. The zero-order valence-electron chi connectivity index (χ0n) is 14.4. The molecule has 132 valence electrons. The summed E-state index contributed by atoms with van der Waals surface area (Å²) in [6.07, 6.45) is 2.96. The molecular formula is C18H21N3O4. The average molecular weight is 343 g/mol. The number of carboxylic acids is 1. The minimum Gasteiger partial charge on any atom is -0.482 e. The van der Waals surface area contributed by atoms with Crippen molar-refractivity contribution in [3.05, 3.63) is 53.6 Å². The third kappa shape index (κ3) is 5.00. The first-order valence-corrected chi connectivity index (χ1v) is 7.93. The normalized spacial score (nSPS) is 11.8. The van der Waals surface area contributed by atoms with E-state index in [-0.39, 0.29) is 17.9 Å². The van der Waals surface area contributed by atoms with Crippen LogP contribution in [0.25, 0.3) is 0 Å². The molecule has 1 atom stereocenters. The molecule has 1 aromatic heterocycles. The van der Waals surface area contributed by atoms with Crippen LogP contribution in [0.5, 0.6) is 5.75 Å². The fraction of sp³-hybridized carbons (Fsp3) is 0.333. The summed E-state index contributed by atoms with van der Waals surface area (Å²) in [7, 11) is 0. The van der Waals surface area contributed by atoms with Crippen molar-refractivity contribution in [2.75, 3.05) is 6.61 Å². The molecule has 0 fully saturated rings. The van der Waals surface area contributed by atoms with Crippen LogP contribution in [0.2, 0.25) is 0 Å². The van der Waals surface area contributed by atoms with Gasteiger partial charge in [0.25, 0.3) is 5.91 Å². The Balaban J connectivity index is 2.05. The number of carbonyl (C=O) groups is 2. The Morgan fingerprint density at radius 1 is 1.20 bits per heavy atom. The van der Waals surface area contributed by atoms with Gasteiger partial charge in [-0.05, 0) is 30.5 Å². The summed E-state index contributed by atoms with van der Waals surface area (Å²) in [6, 6.07) is 6.68. The van der Waals surface area contributed by atoms with Crippen LogP contribution in [0, 0.1) is 0 Å². The lowest BCUT2D eigenvalue weighted by atomic mass is 10.0. The zero-order valence-corrected chi connectivity index (χ0v) is 14.4. The van der Waals surface area contributed by atoms with Crippen molar-refractivity contribution in [1.29, 1.82) is 0 Å². The number of amides is 1. The first kappa shape index (κ1) is 18.4. The van der Waals surface area contributed by atoms with Crippen LogP contribution in [-0.4, -0.2) is 33.6 Å². The Morgan fingerprint density at radius 3 is 2.48 bits per heavy atom. The number of benzene rings is 1. The standard InChI is InChI=1S/C18H21N3O4/c1-11(2)17-15(8-19-10-20-17)18(24)21-12(3)13-4-6-14(7-5-13)25-9-16(22)23/h4-8,10-12H,9H2,1-3H3,(H,21,24)(H,22,23). The monoisotopic (exact) mass is 343 g/mol. The van der Waals surface area contributed by atoms with E-state index in [9.17, 15) is 9.59 Å². The molecule has 1 amide bonds. The highest BCUT2D eigenvalue weighted by Gasteiger charge is 2.17. The highest BCUT2D eigenvalue weighted by atomic mass is 16.5. The van der Waals surface area contributed by atoms with Gasteiger partial charge in [0.05, 0.1) is 17.3 Å². The number of hydrogen-bond acceptors (Lipinski definition) is 5. The molecule has 0 spiro atoms. The van der Waals surface area contributed by atoms with E-state index < -0.39 is 12.6 Å². The zero-order chi connectivity index (χ0) is 18.4. The number of nitrogens with zero attached hydrogens (tertiary/aromatic N) is 2. The predicted octanol–water partition coefficient (Wildman–Crippen LogP) is 2.55. The summed E-state index contributed by atoms with van der Waals surface area (Å²) in [5.41, 5.74) is 2.04. The van der Waals surface area contributed by atoms with Gasteiger partial charge in [0, 0.05) is 6.20 Å². The van der Waals surface area contributed by atoms with Crippen molar-refractivity contribution < 1.29 is 19.4 Å². The van der Waals surface area contributed by atoms with E-state index in [0.717, 1.165) is 5.56 Å². The number of aromatic nitrogens is 2. The van der Waals surface area contributed by atoms with E-state index in [0.29, 0.717) is 17.0 Å². The number of nitrogens with one attached hydrogen (secondary N) is 1. The quantitative estimate of drug-likeness (QED) is 0.801. The van der Waals surface area contributed by atoms with Crippen molar-refractivity contribution in [3.8, 4) is 5.75 Å². The molecular weight excluding hydrogens is 322 g/mol. The molecule has 2 aromatic rings. The second-order valence-corrected chi connectivity index (χ2v) is 5.92. The molecule has 0 saturated heterocycles. The molecule has 1 unspecified atom stereocenters. The number of carboxylic acid groups (broad SMARTS) is 1. The van der Waals surface area contributed by atoms with Gasteiger partial charge in [0.1, 0.15) is 12.1 Å². The summed E-state index contributed by atoms with van der Waals surface area (Å²) >= 11 is 0. The minimum absolute atomic E-state index is 0.115. The molecule has 1 heterocycles. The minimum atomic E-state index is -1.03. The lowest BCUT2D eigenvalue weighted by Gasteiger charge is -2.16. The number of rotatable bonds is 7. The Labute approximate surface area is 146 Å². The Kier molecular flexibility index (Phi) is 6.05. The highest BCUT2D eigenvalue weighted by molar-refractivity contribution is 5.95. The largest absolute Gasteiger partial charge is 0.482 e. The fourth-order valence-corrected chi connectivity index (χ4v) is 2.33. The molecule has 0 bridgehead atoms. The number of aliphatic carboxylic acids is 1. The van der Waals surface area contributed by atoms with Crippen LogP contribution in [0.15, 0.2) is 36.8 Å². The second-order valence-electron chi connectivity index (χ2n) is 5.92. The van der Waals surface area contributed by atoms with Crippen LogP contribution in [0.3, 0.4) is 0 Å². The molecule has 0 aliphatic rings. The van der Waals surface area contributed by atoms with Gasteiger partial charge in [-0.1, -0.05) is 26.0 Å². The summed E-state index contributed by atoms with van der Waals surface area (Å²) in [5, 5.41) is 11.5. The van der Waals surface area contributed by atoms with Crippen molar-refractivity contribution in [3.63, 3.8) is 0 Å². The smallest absolute Gasteiger partial charge is 0.341 e. The number of ether oxygens (including phenoxy) is 1. The van der Waals surface area contributed by atoms with Crippen molar-refractivity contribution >= 4 is 11.9 Å². The summed E-state index contributed by atoms with van der Waals surface area (Å²) < 4.78 is 5.09. The molecule has 0 aliphatic heterocycles. The lowest BCUT2D eigenvalue weighted by molar-refractivity contribution is -0.139. The van der Waals surface area contributed by atoms with E-state index in [1.807, 2.05) is 20.8 Å². The maximum Gasteiger partial charge on any atom is 0.341 e. The van der Waals surface area contributed by atoms with E-state index >= 15 is 0 Å². The van der Waals surface area contributed by atoms with Crippen LogP contribution in [0.4, 0.5) is 0 Å². The highest BCUT2D eigenvalue weighted by Crippen LogP contribution is 2.20. The van der Waals surface area contributed by atoms with Gasteiger partial charge in [-0.25, -0.2) is 14.8 Å². The Morgan fingerprint density at radius 2 is 1.88 bits per heavy atom. The van der Waals surface area contributed by atoms with Gasteiger partial charge < -0.3 is 15.2 Å². The van der Waals surface area contributed by atoms with Gasteiger partial charge in [0.15, 0.2) is 6.61 Å². The van der Waals surface area contributed by atoms with Crippen LogP contribution in [-0.2, 0) is 4.79 Å². The molecule has 25 heavy (non-hydrogen) atoms. The molecule has 0 aliphatic carbocycles. The van der Waals surface area contributed by atoms with Gasteiger partial charge in [0.2, 0.25) is 0 Å². The third-order valence-electron chi connectivity index (χ3n) is 3.62. The van der Waals surface area contributed by atoms with Crippen LogP contribution >= 0.6 is 0 Å². The Hall–Kier alpha value is -2.96. The third-order valence-corrected chi connectivity index (χ3v) is 3.62. The van der Waals surface area contributed by atoms with Gasteiger partial charge in [-0.3, -0.25) is 4.79 Å². The van der Waals surface area contributed by atoms with Gasteiger partial charge >= 0.3 is 5.97 Å². The number of carbonyl (C=O) groups excluding carboxylic acids is 1. The lowest BCUT2D eigenvalue weighted by Crippen LogP contribution is -2.28.